The highest BCUT2D eigenvalue weighted by Crippen LogP contribution is 2.00. The third-order valence-electron chi connectivity index (χ3n) is 2.54. The van der Waals surface area contributed by atoms with Crippen LogP contribution in [0.1, 0.15) is 16.7 Å². The van der Waals surface area contributed by atoms with Crippen LogP contribution < -0.4 is 5.32 Å². The van der Waals surface area contributed by atoms with Gasteiger partial charge >= 0.3 is 0 Å². The van der Waals surface area contributed by atoms with E-state index in [1.807, 2.05) is 23.3 Å². The van der Waals surface area contributed by atoms with E-state index in [-0.39, 0.29) is 0 Å². The van der Waals surface area contributed by atoms with Crippen molar-refractivity contribution in [1.29, 1.82) is 0 Å². The lowest BCUT2D eigenvalue weighted by Gasteiger charge is -2.05. The van der Waals surface area contributed by atoms with E-state index in [1.54, 1.807) is 0 Å². The lowest BCUT2D eigenvalue weighted by Crippen LogP contribution is -2.19. The first-order valence-corrected chi connectivity index (χ1v) is 5.84. The van der Waals surface area contributed by atoms with Crippen LogP contribution in [0, 0.1) is 13.8 Å². The third kappa shape index (κ3) is 3.67. The topological polar surface area (TPSA) is 42.7 Å². The van der Waals surface area contributed by atoms with Crippen molar-refractivity contribution in [3.8, 4) is 0 Å². The predicted octanol–water partition coefficient (Wildman–Crippen LogP) is 1.68. The van der Waals surface area contributed by atoms with Crippen molar-refractivity contribution in [2.75, 3.05) is 6.54 Å². The Kier molecular flexibility index (Phi) is 3.88. The Bertz CT molecular complexity index is 476. The molecule has 1 N–H and O–H groups in total. The average molecular weight is 230 g/mol. The minimum atomic E-state index is 0.856. The summed E-state index contributed by atoms with van der Waals surface area (Å²) >= 11 is 0. The molecular formula is C13H18N4. The van der Waals surface area contributed by atoms with Crippen molar-refractivity contribution in [3.63, 3.8) is 0 Å². The van der Waals surface area contributed by atoms with E-state index in [0.717, 1.165) is 19.6 Å². The summed E-state index contributed by atoms with van der Waals surface area (Å²) in [4.78, 5) is 4.17. The second-order valence-electron chi connectivity index (χ2n) is 4.33. The highest BCUT2D eigenvalue weighted by atomic mass is 15.3. The zero-order valence-corrected chi connectivity index (χ0v) is 10.3. The first-order chi connectivity index (χ1) is 8.24. The molecule has 0 aliphatic carbocycles. The summed E-state index contributed by atoms with van der Waals surface area (Å²) in [7, 11) is 0. The molecule has 0 aromatic carbocycles. The van der Waals surface area contributed by atoms with Crippen LogP contribution in [-0.2, 0) is 13.1 Å². The van der Waals surface area contributed by atoms with Gasteiger partial charge < -0.3 is 5.32 Å². The van der Waals surface area contributed by atoms with Gasteiger partial charge in [-0.25, -0.2) is 0 Å². The van der Waals surface area contributed by atoms with Gasteiger partial charge in [0, 0.05) is 31.7 Å². The van der Waals surface area contributed by atoms with E-state index in [2.05, 4.69) is 41.5 Å². The molecule has 0 radical (unpaired) electrons. The number of hydrogen-bond donors (Lipinski definition) is 1. The first kappa shape index (κ1) is 11.8. The van der Waals surface area contributed by atoms with E-state index < -0.39 is 0 Å². The van der Waals surface area contributed by atoms with Crippen molar-refractivity contribution in [3.05, 3.63) is 47.5 Å². The largest absolute Gasteiger partial charge is 0.311 e. The number of rotatable bonds is 5. The Labute approximate surface area is 102 Å². The maximum Gasteiger partial charge on any atom is 0.0534 e. The fourth-order valence-corrected chi connectivity index (χ4v) is 1.73. The van der Waals surface area contributed by atoms with Crippen LogP contribution >= 0.6 is 0 Å². The number of aromatic nitrogens is 3. The molecule has 0 spiro atoms. The SMILES string of the molecule is Cc1cncc(CNCCn2cc(C)cn2)c1. The molecule has 0 saturated heterocycles. The maximum atomic E-state index is 4.24. The number of pyridine rings is 1. The third-order valence-corrected chi connectivity index (χ3v) is 2.54. The molecule has 90 valence electrons. The highest BCUT2D eigenvalue weighted by molar-refractivity contribution is 5.16. The van der Waals surface area contributed by atoms with Gasteiger partial charge in [-0.1, -0.05) is 6.07 Å². The molecule has 2 aromatic heterocycles. The molecule has 0 saturated carbocycles. The Hall–Kier alpha value is -1.68. The fraction of sp³-hybridized carbons (Fsp3) is 0.385. The summed E-state index contributed by atoms with van der Waals surface area (Å²) in [6.45, 7) is 6.77. The molecule has 0 unspecified atom stereocenters. The van der Waals surface area contributed by atoms with Gasteiger partial charge in [-0.3, -0.25) is 9.67 Å². The average Bonchev–Trinajstić information content (AvgIpc) is 2.71. The van der Waals surface area contributed by atoms with Gasteiger partial charge in [-0.15, -0.1) is 0 Å². The highest BCUT2D eigenvalue weighted by Gasteiger charge is 1.95. The summed E-state index contributed by atoms with van der Waals surface area (Å²) < 4.78 is 1.96. The van der Waals surface area contributed by atoms with E-state index in [0.29, 0.717) is 0 Å². The maximum absolute atomic E-state index is 4.24. The summed E-state index contributed by atoms with van der Waals surface area (Å²) in [5.74, 6) is 0. The Morgan fingerprint density at radius 2 is 2.06 bits per heavy atom. The van der Waals surface area contributed by atoms with Gasteiger partial charge in [0.2, 0.25) is 0 Å². The minimum absolute atomic E-state index is 0.856. The van der Waals surface area contributed by atoms with E-state index in [4.69, 9.17) is 0 Å². The molecule has 0 fully saturated rings. The molecule has 4 nitrogen and oxygen atoms in total. The van der Waals surface area contributed by atoms with Crippen LogP contribution in [0.4, 0.5) is 0 Å². The van der Waals surface area contributed by atoms with Crippen LogP contribution in [0.15, 0.2) is 30.9 Å². The molecule has 2 aromatic rings. The second kappa shape index (κ2) is 5.59. The predicted molar refractivity (Wildman–Crippen MR) is 67.6 cm³/mol. The molecule has 0 aliphatic rings. The fourth-order valence-electron chi connectivity index (χ4n) is 1.73. The van der Waals surface area contributed by atoms with Gasteiger partial charge in [0.1, 0.15) is 0 Å². The number of aryl methyl sites for hydroxylation is 2. The minimum Gasteiger partial charge on any atom is -0.311 e. The van der Waals surface area contributed by atoms with Crippen molar-refractivity contribution in [2.45, 2.75) is 26.9 Å². The van der Waals surface area contributed by atoms with Crippen molar-refractivity contribution in [2.24, 2.45) is 0 Å². The summed E-state index contributed by atoms with van der Waals surface area (Å²) in [5, 5.41) is 7.62. The number of nitrogens with zero attached hydrogens (tertiary/aromatic N) is 3. The lowest BCUT2D eigenvalue weighted by atomic mass is 10.2. The van der Waals surface area contributed by atoms with Crippen LogP contribution in [-0.4, -0.2) is 21.3 Å². The van der Waals surface area contributed by atoms with Crippen LogP contribution in [0.25, 0.3) is 0 Å². The second-order valence-corrected chi connectivity index (χ2v) is 4.33. The molecule has 2 rings (SSSR count). The Morgan fingerprint density at radius 1 is 1.18 bits per heavy atom. The molecule has 0 atom stereocenters. The van der Waals surface area contributed by atoms with Crippen molar-refractivity contribution >= 4 is 0 Å². The molecule has 2 heterocycles. The normalized spacial score (nSPS) is 10.7. The lowest BCUT2D eigenvalue weighted by molar-refractivity contribution is 0.554. The Morgan fingerprint density at radius 3 is 2.76 bits per heavy atom. The zero-order chi connectivity index (χ0) is 12.1. The van der Waals surface area contributed by atoms with E-state index in [9.17, 15) is 0 Å². The summed E-state index contributed by atoms with van der Waals surface area (Å²) in [5.41, 5.74) is 3.63. The van der Waals surface area contributed by atoms with Crippen LogP contribution in [0.2, 0.25) is 0 Å². The smallest absolute Gasteiger partial charge is 0.0534 e. The number of nitrogens with one attached hydrogen (secondary N) is 1. The number of hydrogen-bond acceptors (Lipinski definition) is 3. The van der Waals surface area contributed by atoms with Gasteiger partial charge in [-0.05, 0) is 30.5 Å². The molecule has 0 aliphatic heterocycles. The van der Waals surface area contributed by atoms with Crippen LogP contribution in [0.3, 0.4) is 0 Å². The van der Waals surface area contributed by atoms with Gasteiger partial charge in [0.25, 0.3) is 0 Å². The van der Waals surface area contributed by atoms with Crippen LogP contribution in [0.5, 0.6) is 0 Å². The van der Waals surface area contributed by atoms with E-state index >= 15 is 0 Å². The quantitative estimate of drug-likeness (QED) is 0.795. The summed E-state index contributed by atoms with van der Waals surface area (Å²) in [6.07, 6.45) is 7.70. The summed E-state index contributed by atoms with van der Waals surface area (Å²) in [6, 6.07) is 2.15. The standard InChI is InChI=1S/C13H18N4/c1-11-5-13(9-15-6-11)8-14-3-4-17-10-12(2)7-16-17/h5-7,9-10,14H,3-4,8H2,1-2H3. The molecule has 0 bridgehead atoms. The van der Waals surface area contributed by atoms with Gasteiger partial charge in [-0.2, -0.15) is 5.10 Å². The first-order valence-electron chi connectivity index (χ1n) is 5.84. The van der Waals surface area contributed by atoms with Crippen molar-refractivity contribution < 1.29 is 0 Å². The molecule has 17 heavy (non-hydrogen) atoms. The molecule has 4 heteroatoms. The Balaban J connectivity index is 1.73. The van der Waals surface area contributed by atoms with Gasteiger partial charge in [0.05, 0.1) is 12.7 Å². The zero-order valence-electron chi connectivity index (χ0n) is 10.3. The van der Waals surface area contributed by atoms with Gasteiger partial charge in [0.15, 0.2) is 0 Å². The monoisotopic (exact) mass is 230 g/mol. The molecular weight excluding hydrogens is 212 g/mol. The van der Waals surface area contributed by atoms with E-state index in [1.165, 1.54) is 16.7 Å². The molecule has 0 amide bonds. The van der Waals surface area contributed by atoms with Crippen molar-refractivity contribution in [1.82, 2.24) is 20.1 Å².